The van der Waals surface area contributed by atoms with Crippen LogP contribution in [0.5, 0.6) is 0 Å². The first-order valence-corrected chi connectivity index (χ1v) is 6.11. The first-order valence-electron chi connectivity index (χ1n) is 4.46. The number of nitrogens with zero attached hydrogens (tertiary/aromatic N) is 1. The fourth-order valence-corrected chi connectivity index (χ4v) is 2.16. The summed E-state index contributed by atoms with van der Waals surface area (Å²) >= 11 is 0. The Balaban J connectivity index is 3.03. The van der Waals surface area contributed by atoms with Crippen molar-refractivity contribution in [3.05, 3.63) is 24.3 Å². The van der Waals surface area contributed by atoms with Crippen LogP contribution in [0.25, 0.3) is 0 Å². The predicted molar refractivity (Wildman–Crippen MR) is 58.7 cm³/mol. The third kappa shape index (κ3) is 3.30. The van der Waals surface area contributed by atoms with Gasteiger partial charge in [-0.25, -0.2) is 13.4 Å². The lowest BCUT2D eigenvalue weighted by molar-refractivity contribution is 0.240. The van der Waals surface area contributed by atoms with Crippen molar-refractivity contribution >= 4 is 21.9 Å². The van der Waals surface area contributed by atoms with Crippen LogP contribution in [0.15, 0.2) is 34.2 Å². The molecule has 1 aromatic carbocycles. The second-order valence-electron chi connectivity index (χ2n) is 2.93. The SMILES string of the molecule is O=S(=O)(CCO)c1cccc(N=CNO)c1. The van der Waals surface area contributed by atoms with E-state index in [9.17, 15) is 8.42 Å². The number of rotatable bonds is 5. The maximum Gasteiger partial charge on any atom is 0.180 e. The van der Waals surface area contributed by atoms with Crippen molar-refractivity contribution in [2.45, 2.75) is 4.90 Å². The minimum atomic E-state index is -3.46. The lowest BCUT2D eigenvalue weighted by Gasteiger charge is -2.02. The maximum absolute atomic E-state index is 11.6. The predicted octanol–water partition coefficient (Wildman–Crippen LogP) is 0.0912. The molecule has 0 radical (unpaired) electrons. The number of hydrogen-bond donors (Lipinski definition) is 3. The van der Waals surface area contributed by atoms with Crippen LogP contribution in [0.2, 0.25) is 0 Å². The molecule has 0 aliphatic rings. The van der Waals surface area contributed by atoms with Crippen molar-refractivity contribution in [3.8, 4) is 0 Å². The highest BCUT2D eigenvalue weighted by Crippen LogP contribution is 2.18. The molecule has 0 bridgehead atoms. The average Bonchev–Trinajstić information content (AvgIpc) is 2.27. The zero-order valence-corrected chi connectivity index (χ0v) is 9.18. The van der Waals surface area contributed by atoms with Crippen molar-refractivity contribution in [1.29, 1.82) is 0 Å². The summed E-state index contributed by atoms with van der Waals surface area (Å²) in [5.74, 6) is -0.321. The molecule has 88 valence electrons. The highest BCUT2D eigenvalue weighted by atomic mass is 32.2. The van der Waals surface area contributed by atoms with Gasteiger partial charge in [-0.2, -0.15) is 0 Å². The first kappa shape index (κ1) is 12.6. The molecule has 0 aromatic heterocycles. The molecule has 0 saturated carbocycles. The average molecular weight is 244 g/mol. The standard InChI is InChI=1S/C9H12N2O4S/c12-4-5-16(14,15)9-3-1-2-8(6-9)10-7-11-13/h1-3,6-7,12-13H,4-5H2,(H,10,11). The summed E-state index contributed by atoms with van der Waals surface area (Å²) in [7, 11) is -3.46. The van der Waals surface area contributed by atoms with E-state index < -0.39 is 16.4 Å². The van der Waals surface area contributed by atoms with E-state index in [-0.39, 0.29) is 10.6 Å². The fourth-order valence-electron chi connectivity index (χ4n) is 1.10. The second kappa shape index (κ2) is 5.59. The normalized spacial score (nSPS) is 11.9. The molecule has 0 unspecified atom stereocenters. The van der Waals surface area contributed by atoms with E-state index in [0.29, 0.717) is 5.69 Å². The zero-order valence-electron chi connectivity index (χ0n) is 8.37. The highest BCUT2D eigenvalue weighted by Gasteiger charge is 2.13. The molecule has 0 atom stereocenters. The van der Waals surface area contributed by atoms with Gasteiger partial charge < -0.3 is 5.11 Å². The first-order chi connectivity index (χ1) is 7.60. The molecule has 1 aromatic rings. The van der Waals surface area contributed by atoms with Crippen LogP contribution in [0.4, 0.5) is 5.69 Å². The van der Waals surface area contributed by atoms with Gasteiger partial charge in [0, 0.05) is 0 Å². The quantitative estimate of drug-likeness (QED) is 0.387. The minimum Gasteiger partial charge on any atom is -0.395 e. The van der Waals surface area contributed by atoms with Crippen LogP contribution in [-0.2, 0) is 9.84 Å². The largest absolute Gasteiger partial charge is 0.395 e. The molecule has 0 fully saturated rings. The number of sulfone groups is 1. The second-order valence-corrected chi connectivity index (χ2v) is 5.04. The van der Waals surface area contributed by atoms with Crippen molar-refractivity contribution in [2.75, 3.05) is 12.4 Å². The molecule has 3 N–H and O–H groups in total. The Morgan fingerprint density at radius 2 is 2.19 bits per heavy atom. The zero-order chi connectivity index (χ0) is 12.0. The number of aliphatic hydroxyl groups excluding tert-OH is 1. The van der Waals surface area contributed by atoms with E-state index in [0.717, 1.165) is 6.34 Å². The molecule has 0 saturated heterocycles. The molecule has 0 spiro atoms. The van der Waals surface area contributed by atoms with Gasteiger partial charge in [0.1, 0.15) is 6.34 Å². The smallest absolute Gasteiger partial charge is 0.180 e. The van der Waals surface area contributed by atoms with E-state index in [2.05, 4.69) is 4.99 Å². The number of hydrogen-bond acceptors (Lipinski definition) is 5. The molecular formula is C9H12N2O4S. The molecule has 0 aliphatic heterocycles. The van der Waals surface area contributed by atoms with Gasteiger partial charge in [-0.1, -0.05) is 6.07 Å². The summed E-state index contributed by atoms with van der Waals surface area (Å²) < 4.78 is 23.2. The Hall–Kier alpha value is -1.44. The molecular weight excluding hydrogens is 232 g/mol. The lowest BCUT2D eigenvalue weighted by Crippen LogP contribution is -2.09. The number of benzene rings is 1. The summed E-state index contributed by atoms with van der Waals surface area (Å²) in [4.78, 5) is 3.84. The summed E-state index contributed by atoms with van der Waals surface area (Å²) in [5.41, 5.74) is 2.11. The Bertz CT molecular complexity index is 470. The third-order valence-electron chi connectivity index (χ3n) is 1.81. The minimum absolute atomic E-state index is 0.0918. The van der Waals surface area contributed by atoms with Gasteiger partial charge in [0.15, 0.2) is 9.84 Å². The van der Waals surface area contributed by atoms with Gasteiger partial charge in [0.2, 0.25) is 0 Å². The number of hydroxylamine groups is 1. The summed E-state index contributed by atoms with van der Waals surface area (Å²) in [6.45, 7) is -0.423. The lowest BCUT2D eigenvalue weighted by atomic mass is 10.3. The van der Waals surface area contributed by atoms with Gasteiger partial charge in [-0.15, -0.1) is 0 Å². The van der Waals surface area contributed by atoms with Gasteiger partial charge >= 0.3 is 0 Å². The van der Waals surface area contributed by atoms with Crippen molar-refractivity contribution < 1.29 is 18.7 Å². The van der Waals surface area contributed by atoms with Crippen LogP contribution in [0.1, 0.15) is 0 Å². The van der Waals surface area contributed by atoms with Crippen LogP contribution >= 0.6 is 0 Å². The molecule has 16 heavy (non-hydrogen) atoms. The monoisotopic (exact) mass is 244 g/mol. The molecule has 7 heteroatoms. The van der Waals surface area contributed by atoms with Crippen LogP contribution in [0, 0.1) is 0 Å². The Labute approximate surface area is 93.1 Å². The Morgan fingerprint density at radius 1 is 1.44 bits per heavy atom. The number of nitrogens with one attached hydrogen (secondary N) is 1. The Morgan fingerprint density at radius 3 is 2.81 bits per heavy atom. The van der Waals surface area contributed by atoms with Gasteiger partial charge in [-0.05, 0) is 18.2 Å². The van der Waals surface area contributed by atoms with Crippen LogP contribution in [-0.4, -0.2) is 37.4 Å². The van der Waals surface area contributed by atoms with E-state index in [1.807, 2.05) is 0 Å². The van der Waals surface area contributed by atoms with E-state index in [1.165, 1.54) is 18.2 Å². The van der Waals surface area contributed by atoms with Gasteiger partial charge in [-0.3, -0.25) is 10.7 Å². The topological polar surface area (TPSA) is 99.0 Å². The van der Waals surface area contributed by atoms with Crippen molar-refractivity contribution in [1.82, 2.24) is 5.48 Å². The molecule has 0 heterocycles. The Kier molecular flexibility index (Phi) is 4.41. The summed E-state index contributed by atoms with van der Waals surface area (Å²) in [6.07, 6.45) is 1.03. The van der Waals surface area contributed by atoms with E-state index in [1.54, 1.807) is 11.5 Å². The van der Waals surface area contributed by atoms with Crippen LogP contribution < -0.4 is 5.48 Å². The molecule has 0 aliphatic carbocycles. The summed E-state index contributed by atoms with van der Waals surface area (Å²) in [6, 6.07) is 5.91. The third-order valence-corrected chi connectivity index (χ3v) is 3.50. The highest BCUT2D eigenvalue weighted by molar-refractivity contribution is 7.91. The summed E-state index contributed by atoms with van der Waals surface area (Å²) in [5, 5.41) is 16.9. The van der Waals surface area contributed by atoms with Gasteiger partial charge in [0.25, 0.3) is 0 Å². The van der Waals surface area contributed by atoms with Crippen molar-refractivity contribution in [3.63, 3.8) is 0 Å². The maximum atomic E-state index is 11.6. The number of aliphatic hydroxyl groups is 1. The number of aliphatic imine (C=N–C) groups is 1. The molecule has 6 nitrogen and oxygen atoms in total. The molecule has 1 rings (SSSR count). The van der Waals surface area contributed by atoms with Gasteiger partial charge in [0.05, 0.1) is 22.9 Å². The van der Waals surface area contributed by atoms with E-state index >= 15 is 0 Å². The fraction of sp³-hybridized carbons (Fsp3) is 0.222. The van der Waals surface area contributed by atoms with Crippen molar-refractivity contribution in [2.24, 2.45) is 4.99 Å². The molecule has 0 amide bonds. The van der Waals surface area contributed by atoms with E-state index in [4.69, 9.17) is 10.3 Å². The van der Waals surface area contributed by atoms with Crippen LogP contribution in [0.3, 0.4) is 0 Å².